The van der Waals surface area contributed by atoms with Crippen LogP contribution in [0.15, 0.2) is 12.1 Å². The Morgan fingerprint density at radius 3 is 2.32 bits per heavy atom. The average Bonchev–Trinajstić information content (AvgIpc) is 3.15. The first-order valence-electron chi connectivity index (χ1n) is 7.01. The maximum atomic E-state index is 13.8. The summed E-state index contributed by atoms with van der Waals surface area (Å²) in [7, 11) is 0. The van der Waals surface area contributed by atoms with Crippen molar-refractivity contribution in [2.45, 2.75) is 44.6 Å². The first kappa shape index (κ1) is 12.7. The topological polar surface area (TPSA) is 18.5 Å². The Balaban J connectivity index is 1.62. The second kappa shape index (κ2) is 5.35. The van der Waals surface area contributed by atoms with Crippen molar-refractivity contribution < 1.29 is 18.3 Å². The lowest BCUT2D eigenvalue weighted by molar-refractivity contribution is 0.113. The molecule has 0 spiro atoms. The van der Waals surface area contributed by atoms with Crippen LogP contribution in [0.5, 0.6) is 11.5 Å². The van der Waals surface area contributed by atoms with Gasteiger partial charge in [-0.15, -0.1) is 0 Å². The largest absolute Gasteiger partial charge is 0.490 e. The van der Waals surface area contributed by atoms with E-state index in [9.17, 15) is 8.78 Å². The number of halogens is 2. The zero-order chi connectivity index (χ0) is 13.2. The van der Waals surface area contributed by atoms with Crippen LogP contribution < -0.4 is 9.47 Å². The van der Waals surface area contributed by atoms with E-state index in [-0.39, 0.29) is 17.6 Å². The lowest BCUT2D eigenvalue weighted by Gasteiger charge is -2.26. The predicted octanol–water partition coefficient (Wildman–Crippen LogP) is 4.08. The molecule has 2 aliphatic carbocycles. The van der Waals surface area contributed by atoms with Crippen LogP contribution in [0, 0.1) is 17.6 Å². The van der Waals surface area contributed by atoms with E-state index in [2.05, 4.69) is 0 Å². The van der Waals surface area contributed by atoms with Gasteiger partial charge in [0.15, 0.2) is 11.5 Å². The highest BCUT2D eigenvalue weighted by Gasteiger charge is 2.24. The van der Waals surface area contributed by atoms with E-state index < -0.39 is 11.6 Å². The molecular formula is C15H18F2O2. The van der Waals surface area contributed by atoms with E-state index in [0.29, 0.717) is 12.5 Å². The molecule has 0 heterocycles. The quantitative estimate of drug-likeness (QED) is 0.774. The molecule has 0 bridgehead atoms. The third-order valence-corrected chi connectivity index (χ3v) is 3.84. The first-order valence-corrected chi connectivity index (χ1v) is 7.01. The first-order chi connectivity index (χ1) is 9.24. The molecule has 0 N–H and O–H groups in total. The Bertz CT molecular complexity index is 454. The molecule has 19 heavy (non-hydrogen) atoms. The maximum absolute atomic E-state index is 13.8. The smallest absolute Gasteiger partial charge is 0.204 e. The molecule has 3 rings (SSSR count). The van der Waals surface area contributed by atoms with E-state index in [1.807, 2.05) is 0 Å². The van der Waals surface area contributed by atoms with Gasteiger partial charge in [-0.25, -0.2) is 0 Å². The molecule has 0 radical (unpaired) electrons. The molecule has 0 aliphatic heterocycles. The molecule has 1 aromatic rings. The summed E-state index contributed by atoms with van der Waals surface area (Å²) in [6, 6.07) is 2.92. The van der Waals surface area contributed by atoms with Crippen LogP contribution >= 0.6 is 0 Å². The van der Waals surface area contributed by atoms with Gasteiger partial charge in [0, 0.05) is 0 Å². The predicted molar refractivity (Wildman–Crippen MR) is 67.5 cm³/mol. The monoisotopic (exact) mass is 268 g/mol. The summed E-state index contributed by atoms with van der Waals surface area (Å²) in [5, 5.41) is 0. The Kier molecular flexibility index (Phi) is 3.58. The van der Waals surface area contributed by atoms with E-state index in [4.69, 9.17) is 9.47 Å². The van der Waals surface area contributed by atoms with Crippen LogP contribution in [-0.4, -0.2) is 12.7 Å². The fourth-order valence-corrected chi connectivity index (χ4v) is 2.13. The van der Waals surface area contributed by atoms with E-state index >= 15 is 0 Å². The van der Waals surface area contributed by atoms with Gasteiger partial charge in [0.25, 0.3) is 0 Å². The standard InChI is InChI=1S/C15H18F2O2/c16-14-12(18-9-8-10-4-5-10)6-7-13(15(14)17)19-11-2-1-3-11/h6-7,10-11H,1-5,8-9H2. The zero-order valence-electron chi connectivity index (χ0n) is 10.8. The molecule has 2 aliphatic rings. The highest BCUT2D eigenvalue weighted by atomic mass is 19.2. The summed E-state index contributed by atoms with van der Waals surface area (Å²) < 4.78 is 38.3. The zero-order valence-corrected chi connectivity index (χ0v) is 10.8. The van der Waals surface area contributed by atoms with E-state index in [1.165, 1.54) is 25.0 Å². The molecule has 0 amide bonds. The van der Waals surface area contributed by atoms with Crippen molar-refractivity contribution in [1.29, 1.82) is 0 Å². The van der Waals surface area contributed by atoms with Crippen molar-refractivity contribution >= 4 is 0 Å². The van der Waals surface area contributed by atoms with E-state index in [0.717, 1.165) is 25.7 Å². The highest BCUT2D eigenvalue weighted by molar-refractivity contribution is 5.35. The van der Waals surface area contributed by atoms with Gasteiger partial charge in [-0.05, 0) is 43.7 Å². The molecule has 2 fully saturated rings. The molecule has 4 heteroatoms. The third-order valence-electron chi connectivity index (χ3n) is 3.84. The van der Waals surface area contributed by atoms with Gasteiger partial charge in [-0.2, -0.15) is 8.78 Å². The fraction of sp³-hybridized carbons (Fsp3) is 0.600. The Morgan fingerprint density at radius 1 is 1.00 bits per heavy atom. The molecule has 1 aromatic carbocycles. The van der Waals surface area contributed by atoms with Gasteiger partial charge in [0.1, 0.15) is 0 Å². The van der Waals surface area contributed by atoms with Crippen molar-refractivity contribution in [3.05, 3.63) is 23.8 Å². The van der Waals surface area contributed by atoms with E-state index in [1.54, 1.807) is 0 Å². The fourth-order valence-electron chi connectivity index (χ4n) is 2.13. The Morgan fingerprint density at radius 2 is 1.68 bits per heavy atom. The van der Waals surface area contributed by atoms with Crippen molar-refractivity contribution in [2.75, 3.05) is 6.61 Å². The van der Waals surface area contributed by atoms with Crippen LogP contribution in [0.1, 0.15) is 38.5 Å². The van der Waals surface area contributed by atoms with Crippen LogP contribution in [-0.2, 0) is 0 Å². The molecule has 104 valence electrons. The van der Waals surface area contributed by atoms with Crippen molar-refractivity contribution in [3.63, 3.8) is 0 Å². The Labute approximate surface area is 111 Å². The minimum atomic E-state index is -0.937. The van der Waals surface area contributed by atoms with Crippen LogP contribution in [0.25, 0.3) is 0 Å². The van der Waals surface area contributed by atoms with Gasteiger partial charge >= 0.3 is 0 Å². The highest BCUT2D eigenvalue weighted by Crippen LogP contribution is 2.34. The average molecular weight is 268 g/mol. The number of ether oxygens (including phenoxy) is 2. The maximum Gasteiger partial charge on any atom is 0.204 e. The number of hydrogen-bond acceptors (Lipinski definition) is 2. The minimum Gasteiger partial charge on any atom is -0.490 e. The second-order valence-electron chi connectivity index (χ2n) is 5.44. The second-order valence-corrected chi connectivity index (χ2v) is 5.44. The number of hydrogen-bond donors (Lipinski definition) is 0. The number of rotatable bonds is 6. The molecule has 0 unspecified atom stereocenters. The normalized spacial score (nSPS) is 19.1. The lowest BCUT2D eigenvalue weighted by atomic mass is 9.96. The van der Waals surface area contributed by atoms with Gasteiger partial charge in [-0.3, -0.25) is 0 Å². The summed E-state index contributed by atoms with van der Waals surface area (Å²) in [4.78, 5) is 0. The summed E-state index contributed by atoms with van der Waals surface area (Å²) in [5.74, 6) is -1.17. The molecule has 0 aromatic heterocycles. The summed E-state index contributed by atoms with van der Waals surface area (Å²) in [6.45, 7) is 0.448. The van der Waals surface area contributed by atoms with Gasteiger partial charge in [-0.1, -0.05) is 12.8 Å². The molecule has 0 saturated heterocycles. The van der Waals surface area contributed by atoms with Crippen LogP contribution in [0.2, 0.25) is 0 Å². The molecule has 2 saturated carbocycles. The van der Waals surface area contributed by atoms with Gasteiger partial charge in [0.05, 0.1) is 12.7 Å². The minimum absolute atomic E-state index is 0.00302. The lowest BCUT2D eigenvalue weighted by Crippen LogP contribution is -2.25. The molecule has 0 atom stereocenters. The van der Waals surface area contributed by atoms with Crippen molar-refractivity contribution in [1.82, 2.24) is 0 Å². The van der Waals surface area contributed by atoms with Crippen molar-refractivity contribution in [2.24, 2.45) is 5.92 Å². The Hall–Kier alpha value is -1.32. The summed E-state index contributed by atoms with van der Waals surface area (Å²) >= 11 is 0. The third kappa shape index (κ3) is 2.99. The molecular weight excluding hydrogens is 250 g/mol. The van der Waals surface area contributed by atoms with Crippen LogP contribution in [0.3, 0.4) is 0 Å². The SMILES string of the molecule is Fc1c(OCCC2CC2)ccc(OC2CCC2)c1F. The van der Waals surface area contributed by atoms with Crippen molar-refractivity contribution in [3.8, 4) is 11.5 Å². The molecule has 2 nitrogen and oxygen atoms in total. The van der Waals surface area contributed by atoms with Gasteiger partial charge in [0.2, 0.25) is 11.6 Å². The summed E-state index contributed by atoms with van der Waals surface area (Å²) in [6.07, 6.45) is 6.35. The van der Waals surface area contributed by atoms with Gasteiger partial charge < -0.3 is 9.47 Å². The number of benzene rings is 1. The van der Waals surface area contributed by atoms with Crippen LogP contribution in [0.4, 0.5) is 8.78 Å². The summed E-state index contributed by atoms with van der Waals surface area (Å²) in [5.41, 5.74) is 0.